The Hall–Kier alpha value is -2.83. The van der Waals surface area contributed by atoms with Crippen LogP contribution in [0.5, 0.6) is 5.75 Å². The number of hydrogen-bond acceptors (Lipinski definition) is 4. The number of aryl methyl sites for hydroxylation is 2. The standard InChI is InChI=1S/C17H22N4O3/c1-20(2)17(23)14-11-12(5-7-15(14)24-4)19-16(22)8-6-13-9-10-18-21(13)3/h5,7,9-11H,6,8H2,1-4H3,(H,19,22). The first kappa shape index (κ1) is 17.5. The second kappa shape index (κ2) is 7.63. The number of hydrogen-bond donors (Lipinski definition) is 1. The smallest absolute Gasteiger partial charge is 0.257 e. The molecule has 0 aliphatic carbocycles. The summed E-state index contributed by atoms with van der Waals surface area (Å²) in [5.74, 6) is 0.170. The average Bonchev–Trinajstić information content (AvgIpc) is 2.97. The van der Waals surface area contributed by atoms with Crippen LogP contribution < -0.4 is 10.1 Å². The van der Waals surface area contributed by atoms with Gasteiger partial charge in [-0.05, 0) is 30.7 Å². The van der Waals surface area contributed by atoms with E-state index in [0.29, 0.717) is 29.8 Å². The number of carbonyl (C=O) groups excluding carboxylic acids is 2. The average molecular weight is 330 g/mol. The van der Waals surface area contributed by atoms with E-state index in [1.807, 2.05) is 13.1 Å². The van der Waals surface area contributed by atoms with Crippen molar-refractivity contribution in [3.05, 3.63) is 41.7 Å². The Labute approximate surface area is 141 Å². The van der Waals surface area contributed by atoms with Gasteiger partial charge in [-0.3, -0.25) is 14.3 Å². The fourth-order valence-corrected chi connectivity index (χ4v) is 2.31. The van der Waals surface area contributed by atoms with Crippen molar-refractivity contribution in [1.82, 2.24) is 14.7 Å². The van der Waals surface area contributed by atoms with Gasteiger partial charge in [0.1, 0.15) is 5.75 Å². The molecule has 0 atom stereocenters. The van der Waals surface area contributed by atoms with Crippen LogP contribution in [0.15, 0.2) is 30.5 Å². The molecular weight excluding hydrogens is 308 g/mol. The van der Waals surface area contributed by atoms with E-state index in [-0.39, 0.29) is 11.8 Å². The molecule has 24 heavy (non-hydrogen) atoms. The number of rotatable bonds is 6. The van der Waals surface area contributed by atoms with Gasteiger partial charge in [-0.25, -0.2) is 0 Å². The van der Waals surface area contributed by atoms with Gasteiger partial charge in [-0.1, -0.05) is 0 Å². The molecule has 0 fully saturated rings. The van der Waals surface area contributed by atoms with Gasteiger partial charge in [-0.15, -0.1) is 0 Å². The number of carbonyl (C=O) groups is 2. The van der Waals surface area contributed by atoms with E-state index in [1.54, 1.807) is 43.2 Å². The third-order valence-electron chi connectivity index (χ3n) is 3.65. The van der Waals surface area contributed by atoms with Crippen molar-refractivity contribution in [2.75, 3.05) is 26.5 Å². The molecule has 7 nitrogen and oxygen atoms in total. The lowest BCUT2D eigenvalue weighted by atomic mass is 10.1. The maximum Gasteiger partial charge on any atom is 0.257 e. The van der Waals surface area contributed by atoms with Crippen molar-refractivity contribution in [3.63, 3.8) is 0 Å². The van der Waals surface area contributed by atoms with Gasteiger partial charge in [0.2, 0.25) is 5.91 Å². The highest BCUT2D eigenvalue weighted by Gasteiger charge is 2.15. The Morgan fingerprint density at radius 1 is 1.29 bits per heavy atom. The molecule has 2 rings (SSSR count). The number of aromatic nitrogens is 2. The summed E-state index contributed by atoms with van der Waals surface area (Å²) in [7, 11) is 6.69. The minimum absolute atomic E-state index is 0.121. The van der Waals surface area contributed by atoms with Crippen LogP contribution in [0.3, 0.4) is 0 Å². The second-order valence-electron chi connectivity index (χ2n) is 5.61. The third-order valence-corrected chi connectivity index (χ3v) is 3.65. The van der Waals surface area contributed by atoms with Gasteiger partial charge < -0.3 is 15.0 Å². The SMILES string of the molecule is COc1ccc(NC(=O)CCc2ccnn2C)cc1C(=O)N(C)C. The highest BCUT2D eigenvalue weighted by atomic mass is 16.5. The first-order valence-electron chi connectivity index (χ1n) is 7.58. The molecule has 0 aliphatic heterocycles. The Morgan fingerprint density at radius 2 is 2.04 bits per heavy atom. The lowest BCUT2D eigenvalue weighted by Gasteiger charge is -2.15. The van der Waals surface area contributed by atoms with Crippen LogP contribution in [-0.2, 0) is 18.3 Å². The first-order chi connectivity index (χ1) is 11.4. The number of nitrogens with one attached hydrogen (secondary N) is 1. The van der Waals surface area contributed by atoms with Crippen LogP contribution in [0.2, 0.25) is 0 Å². The van der Waals surface area contributed by atoms with E-state index in [9.17, 15) is 9.59 Å². The number of ether oxygens (including phenoxy) is 1. The molecule has 0 aliphatic rings. The normalized spacial score (nSPS) is 10.3. The molecule has 0 radical (unpaired) electrons. The number of amides is 2. The lowest BCUT2D eigenvalue weighted by Crippen LogP contribution is -2.22. The van der Waals surface area contributed by atoms with E-state index in [1.165, 1.54) is 12.0 Å². The predicted octanol–water partition coefficient (Wildman–Crippen LogP) is 1.70. The number of anilines is 1. The fraction of sp³-hybridized carbons (Fsp3) is 0.353. The van der Waals surface area contributed by atoms with Crippen molar-refractivity contribution in [2.45, 2.75) is 12.8 Å². The topological polar surface area (TPSA) is 76.5 Å². The molecule has 1 heterocycles. The molecule has 1 aromatic heterocycles. The molecule has 2 amide bonds. The molecule has 128 valence electrons. The Kier molecular flexibility index (Phi) is 5.57. The summed E-state index contributed by atoms with van der Waals surface area (Å²) in [6.45, 7) is 0. The number of nitrogens with zero attached hydrogens (tertiary/aromatic N) is 3. The largest absolute Gasteiger partial charge is 0.496 e. The summed E-state index contributed by atoms with van der Waals surface area (Å²) in [5.41, 5.74) is 1.96. The van der Waals surface area contributed by atoms with E-state index in [4.69, 9.17) is 4.74 Å². The highest BCUT2D eigenvalue weighted by molar-refractivity contribution is 5.99. The van der Waals surface area contributed by atoms with Crippen LogP contribution in [0.25, 0.3) is 0 Å². The van der Waals surface area contributed by atoms with E-state index < -0.39 is 0 Å². The molecular formula is C17H22N4O3. The van der Waals surface area contributed by atoms with Crippen LogP contribution in [0.4, 0.5) is 5.69 Å². The van der Waals surface area contributed by atoms with E-state index >= 15 is 0 Å². The Bertz CT molecular complexity index is 737. The third kappa shape index (κ3) is 4.13. The molecule has 1 aromatic carbocycles. The monoisotopic (exact) mass is 330 g/mol. The fourth-order valence-electron chi connectivity index (χ4n) is 2.31. The highest BCUT2D eigenvalue weighted by Crippen LogP contribution is 2.24. The molecule has 1 N–H and O–H groups in total. The second-order valence-corrected chi connectivity index (χ2v) is 5.61. The van der Waals surface area contributed by atoms with Gasteiger partial charge >= 0.3 is 0 Å². The van der Waals surface area contributed by atoms with E-state index in [0.717, 1.165) is 5.69 Å². The number of methoxy groups -OCH3 is 1. The summed E-state index contributed by atoms with van der Waals surface area (Å²) in [5, 5.41) is 6.89. The van der Waals surface area contributed by atoms with Gasteiger partial charge in [0, 0.05) is 45.1 Å². The minimum atomic E-state index is -0.183. The zero-order valence-electron chi connectivity index (χ0n) is 14.4. The maximum absolute atomic E-state index is 12.2. The van der Waals surface area contributed by atoms with Crippen molar-refractivity contribution in [2.24, 2.45) is 7.05 Å². The van der Waals surface area contributed by atoms with Gasteiger partial charge in [0.25, 0.3) is 5.91 Å². The summed E-state index contributed by atoms with van der Waals surface area (Å²) < 4.78 is 6.96. The molecule has 0 unspecified atom stereocenters. The summed E-state index contributed by atoms with van der Waals surface area (Å²) >= 11 is 0. The van der Waals surface area contributed by atoms with Crippen LogP contribution in [0.1, 0.15) is 22.5 Å². The molecule has 0 spiro atoms. The van der Waals surface area contributed by atoms with Gasteiger partial charge in [-0.2, -0.15) is 5.10 Å². The maximum atomic E-state index is 12.2. The molecule has 7 heteroatoms. The summed E-state index contributed by atoms with van der Waals surface area (Å²) in [4.78, 5) is 25.8. The molecule has 2 aromatic rings. The minimum Gasteiger partial charge on any atom is -0.496 e. The quantitative estimate of drug-likeness (QED) is 0.875. The Morgan fingerprint density at radius 3 is 2.62 bits per heavy atom. The van der Waals surface area contributed by atoms with Crippen LogP contribution >= 0.6 is 0 Å². The van der Waals surface area contributed by atoms with Crippen molar-refractivity contribution in [3.8, 4) is 5.75 Å². The van der Waals surface area contributed by atoms with Gasteiger partial charge in [0.15, 0.2) is 0 Å². The lowest BCUT2D eigenvalue weighted by molar-refractivity contribution is -0.116. The molecule has 0 saturated carbocycles. The zero-order valence-corrected chi connectivity index (χ0v) is 14.4. The van der Waals surface area contributed by atoms with Crippen molar-refractivity contribution < 1.29 is 14.3 Å². The van der Waals surface area contributed by atoms with Crippen LogP contribution in [-0.4, -0.2) is 47.7 Å². The van der Waals surface area contributed by atoms with Crippen LogP contribution in [0, 0.1) is 0 Å². The number of benzene rings is 1. The molecule has 0 saturated heterocycles. The Balaban J connectivity index is 2.06. The molecule has 0 bridgehead atoms. The van der Waals surface area contributed by atoms with Crippen molar-refractivity contribution >= 4 is 17.5 Å². The van der Waals surface area contributed by atoms with E-state index in [2.05, 4.69) is 10.4 Å². The van der Waals surface area contributed by atoms with Crippen molar-refractivity contribution in [1.29, 1.82) is 0 Å². The first-order valence-corrected chi connectivity index (χ1v) is 7.58. The summed E-state index contributed by atoms with van der Waals surface area (Å²) in [6.07, 6.45) is 2.64. The van der Waals surface area contributed by atoms with Gasteiger partial charge in [0.05, 0.1) is 12.7 Å². The summed E-state index contributed by atoms with van der Waals surface area (Å²) in [6, 6.07) is 6.90. The zero-order chi connectivity index (χ0) is 17.7. The predicted molar refractivity (Wildman–Crippen MR) is 91.2 cm³/mol.